The highest BCUT2D eigenvalue weighted by atomic mass is 32.1. The van der Waals surface area contributed by atoms with Crippen molar-refractivity contribution in [3.63, 3.8) is 0 Å². The van der Waals surface area contributed by atoms with E-state index in [9.17, 15) is 28.8 Å². The van der Waals surface area contributed by atoms with E-state index in [-0.39, 0.29) is 41.2 Å². The first-order chi connectivity index (χ1) is 39.8. The van der Waals surface area contributed by atoms with E-state index < -0.39 is 29.7 Å². The summed E-state index contributed by atoms with van der Waals surface area (Å²) in [6.07, 6.45) is 15.3. The Morgan fingerprint density at radius 3 is 1.38 bits per heavy atom. The Bertz CT molecular complexity index is 3160. The molecule has 0 aliphatic heterocycles. The van der Waals surface area contributed by atoms with E-state index in [2.05, 4.69) is 19.2 Å². The van der Waals surface area contributed by atoms with Crippen LogP contribution >= 0.6 is 11.3 Å². The van der Waals surface area contributed by atoms with Gasteiger partial charge in [0, 0.05) is 17.5 Å². The van der Waals surface area contributed by atoms with Gasteiger partial charge >= 0.3 is 35.8 Å². The predicted octanol–water partition coefficient (Wildman–Crippen LogP) is 14.1. The Morgan fingerprint density at radius 2 is 0.915 bits per heavy atom. The second kappa shape index (κ2) is 30.3. The number of esters is 6. The number of furan rings is 1. The average Bonchev–Trinajstić information content (AvgIpc) is 4.21. The molecule has 82 heavy (non-hydrogen) atoms. The third-order valence-corrected chi connectivity index (χ3v) is 16.0. The van der Waals surface area contributed by atoms with Crippen molar-refractivity contribution in [3.05, 3.63) is 115 Å². The molecule has 6 aromatic rings. The molecule has 0 bridgehead atoms. The Kier molecular flexibility index (Phi) is 22.3. The van der Waals surface area contributed by atoms with Gasteiger partial charge in [0.15, 0.2) is 22.3 Å². The number of fused-ring (bicyclic) bond motifs is 2. The Morgan fingerprint density at radius 1 is 0.512 bits per heavy atom. The summed E-state index contributed by atoms with van der Waals surface area (Å²) in [6.45, 7) is 12.7. The summed E-state index contributed by atoms with van der Waals surface area (Å²) in [4.78, 5) is 81.5. The maximum atomic E-state index is 13.9. The van der Waals surface area contributed by atoms with E-state index in [1.54, 1.807) is 60.7 Å². The molecule has 0 amide bonds. The number of unbranched alkanes of at least 4 members (excludes halogenated alkanes) is 8. The van der Waals surface area contributed by atoms with Crippen LogP contribution in [0.1, 0.15) is 127 Å². The largest absolute Gasteiger partial charge is 0.494 e. The van der Waals surface area contributed by atoms with Crippen LogP contribution in [0.15, 0.2) is 109 Å². The number of carbonyl (C=O) groups excluding carboxylic acids is 6. The molecule has 2 aromatic heterocycles. The molecule has 2 aliphatic carbocycles. The second-order valence-electron chi connectivity index (χ2n) is 21.1. The lowest BCUT2D eigenvalue weighted by atomic mass is 9.82. The fourth-order valence-corrected chi connectivity index (χ4v) is 11.2. The van der Waals surface area contributed by atoms with Crippen molar-refractivity contribution in [1.82, 2.24) is 4.98 Å². The topological polar surface area (TPSA) is 202 Å². The zero-order valence-electron chi connectivity index (χ0n) is 46.9. The predicted molar refractivity (Wildman–Crippen MR) is 310 cm³/mol. The number of thiazole rings is 1. The lowest BCUT2D eigenvalue weighted by Crippen LogP contribution is -2.30. The van der Waals surface area contributed by atoms with Gasteiger partial charge in [-0.25, -0.2) is 14.6 Å². The molecule has 0 spiro atoms. The first-order valence-electron chi connectivity index (χ1n) is 28.7. The van der Waals surface area contributed by atoms with Crippen LogP contribution in [0.3, 0.4) is 0 Å². The van der Waals surface area contributed by atoms with Crippen molar-refractivity contribution >= 4 is 68.3 Å². The molecule has 8 rings (SSSR count). The van der Waals surface area contributed by atoms with Gasteiger partial charge in [0.25, 0.3) is 0 Å². The number of aryl methyl sites for hydroxylation is 2. The Balaban J connectivity index is 0.807. The third-order valence-electron chi connectivity index (χ3n) is 14.9. The fourth-order valence-electron chi connectivity index (χ4n) is 10.3. The molecular weight excluding hydrogens is 1070 g/mol. The zero-order valence-corrected chi connectivity index (χ0v) is 47.7. The summed E-state index contributed by atoms with van der Waals surface area (Å²) in [5.41, 5.74) is 3.17. The molecule has 2 heterocycles. The van der Waals surface area contributed by atoms with Gasteiger partial charge in [-0.05, 0) is 188 Å². The summed E-state index contributed by atoms with van der Waals surface area (Å²) in [5.74, 6) is -0.853. The van der Waals surface area contributed by atoms with Crippen LogP contribution in [-0.4, -0.2) is 67.2 Å². The van der Waals surface area contributed by atoms with Crippen molar-refractivity contribution in [2.75, 3.05) is 26.4 Å². The lowest BCUT2D eigenvalue weighted by molar-refractivity contribution is -0.145. The molecular formula is C65H73NO15S. The number of hydrogen-bond donors (Lipinski definition) is 0. The highest BCUT2D eigenvalue weighted by Crippen LogP contribution is 2.44. The monoisotopic (exact) mass is 1140 g/mol. The van der Waals surface area contributed by atoms with E-state index in [1.165, 1.54) is 17.4 Å². The molecule has 4 aromatic carbocycles. The van der Waals surface area contributed by atoms with Gasteiger partial charge in [0.1, 0.15) is 38.8 Å². The molecule has 17 heteroatoms. The van der Waals surface area contributed by atoms with E-state index in [0.717, 1.165) is 86.8 Å². The van der Waals surface area contributed by atoms with Crippen LogP contribution in [0.2, 0.25) is 0 Å². The van der Waals surface area contributed by atoms with Crippen LogP contribution in [0.5, 0.6) is 34.5 Å². The number of nitrogens with zero attached hydrogens (tertiary/aromatic N) is 1. The highest BCUT2D eigenvalue weighted by molar-refractivity contribution is 7.22. The zero-order chi connectivity index (χ0) is 57.8. The number of ether oxygens (including phenoxy) is 8. The normalized spacial score (nSPS) is 16.9. The molecule has 0 radical (unpaired) electrons. The quantitative estimate of drug-likeness (QED) is 0.0185. The SMILES string of the molecule is C=CC(=O)OCCCCCCCCOc1ccc(OC(=O)C2CCC(C(=O)Oc3ccc(OC(=O)C4CCC(C(=O)Oc5ccc(OCCCCCCOC(=O)C=C)cc5)CC4)c4nc(-c5cc6c(C)cc(C)cc6o5)sc34)CC2)cc1. The molecule has 0 unspecified atom stereocenters. The number of rotatable bonds is 29. The van der Waals surface area contributed by atoms with Gasteiger partial charge < -0.3 is 42.3 Å². The van der Waals surface area contributed by atoms with Crippen LogP contribution < -0.4 is 28.4 Å². The molecule has 16 nitrogen and oxygen atoms in total. The number of aromatic nitrogens is 1. The summed E-state index contributed by atoms with van der Waals surface area (Å²) in [5, 5.41) is 1.46. The molecule has 2 saturated carbocycles. The van der Waals surface area contributed by atoms with Crippen molar-refractivity contribution in [1.29, 1.82) is 0 Å². The van der Waals surface area contributed by atoms with Gasteiger partial charge in [-0.1, -0.05) is 44.9 Å². The van der Waals surface area contributed by atoms with Crippen molar-refractivity contribution < 1.29 is 71.1 Å². The summed E-state index contributed by atoms with van der Waals surface area (Å²) in [7, 11) is 0. The minimum Gasteiger partial charge on any atom is -0.494 e. The van der Waals surface area contributed by atoms with Gasteiger partial charge in [-0.15, -0.1) is 11.3 Å². The molecule has 0 saturated heterocycles. The standard InChI is InChI=1S/C65H73NO15S/c1-5-57(67)75-37-15-10-8-7-9-13-35-73-48-25-29-50(30-26-48)78-63(70)45-19-23-47(24-20-45)65(72)81-54-34-33-53(59-60(54)82-61(66-59)56-41-52-43(4)39-42(3)40-55(52)79-56)80-64(71)46-21-17-44(18-22-46)62(69)77-51-31-27-49(28-32-51)74-36-14-11-12-16-38-76-58(68)6-2/h5-6,25-34,39-41,44-47H,1-2,7-24,35-38H2,3-4H3. The van der Waals surface area contributed by atoms with Gasteiger partial charge in [-0.3, -0.25) is 19.2 Å². The van der Waals surface area contributed by atoms with E-state index in [0.29, 0.717) is 127 Å². The van der Waals surface area contributed by atoms with Gasteiger partial charge in [-0.2, -0.15) is 0 Å². The van der Waals surface area contributed by atoms with E-state index in [4.69, 9.17) is 47.3 Å². The number of benzene rings is 4. The van der Waals surface area contributed by atoms with Gasteiger partial charge in [0.05, 0.1) is 50.1 Å². The minimum absolute atomic E-state index is 0.214. The Labute approximate surface area is 482 Å². The second-order valence-corrected chi connectivity index (χ2v) is 22.1. The summed E-state index contributed by atoms with van der Waals surface area (Å²) >= 11 is 1.27. The third kappa shape index (κ3) is 17.4. The molecule has 0 atom stereocenters. The molecule has 2 aliphatic rings. The first kappa shape index (κ1) is 60.3. The maximum absolute atomic E-state index is 13.9. The minimum atomic E-state index is -0.465. The molecule has 2 fully saturated rings. The van der Waals surface area contributed by atoms with Crippen molar-refractivity contribution in [2.24, 2.45) is 23.7 Å². The van der Waals surface area contributed by atoms with Gasteiger partial charge in [0.2, 0.25) is 0 Å². The van der Waals surface area contributed by atoms with Crippen molar-refractivity contribution in [3.8, 4) is 45.3 Å². The summed E-state index contributed by atoms with van der Waals surface area (Å²) in [6, 6.07) is 23.1. The van der Waals surface area contributed by atoms with Crippen LogP contribution in [-0.2, 0) is 38.2 Å². The van der Waals surface area contributed by atoms with Crippen LogP contribution in [0, 0.1) is 37.5 Å². The maximum Gasteiger partial charge on any atom is 0.330 e. The Hall–Kier alpha value is -7.79. The molecule has 434 valence electrons. The fraction of sp³-hybridized carbons (Fsp3) is 0.431. The van der Waals surface area contributed by atoms with Crippen molar-refractivity contribution in [2.45, 2.75) is 129 Å². The average molecular weight is 1140 g/mol. The number of hydrogen-bond acceptors (Lipinski definition) is 17. The number of carbonyl (C=O) groups is 6. The summed E-state index contributed by atoms with van der Waals surface area (Å²) < 4.78 is 52.3. The smallest absolute Gasteiger partial charge is 0.330 e. The highest BCUT2D eigenvalue weighted by Gasteiger charge is 2.35. The molecule has 0 N–H and O–H groups in total. The van der Waals surface area contributed by atoms with Crippen LogP contribution in [0.4, 0.5) is 0 Å². The van der Waals surface area contributed by atoms with Crippen LogP contribution in [0.25, 0.3) is 32.0 Å². The van der Waals surface area contributed by atoms with E-state index >= 15 is 0 Å². The first-order valence-corrected chi connectivity index (χ1v) is 29.5. The lowest BCUT2D eigenvalue weighted by Gasteiger charge is -2.26. The van der Waals surface area contributed by atoms with E-state index in [1.807, 2.05) is 26.0 Å².